The number of piperidine rings is 1. The number of nitrogens with one attached hydrogen (secondary N) is 1. The predicted octanol–water partition coefficient (Wildman–Crippen LogP) is 4.59. The van der Waals surface area contributed by atoms with Crippen LogP contribution in [0, 0.1) is 5.92 Å². The van der Waals surface area contributed by atoms with E-state index < -0.39 is 0 Å². The molecular weight excluding hydrogens is 348 g/mol. The summed E-state index contributed by atoms with van der Waals surface area (Å²) < 4.78 is 5.43. The number of likely N-dealkylation sites (tertiary alicyclic amines) is 1. The van der Waals surface area contributed by atoms with Gasteiger partial charge in [0.15, 0.2) is 0 Å². The zero-order valence-electron chi connectivity index (χ0n) is 16.0. The average Bonchev–Trinajstić information content (AvgIpc) is 3.27. The fourth-order valence-electron chi connectivity index (χ4n) is 3.76. The fraction of sp³-hybridized carbons (Fsp3) is 0.292. The third kappa shape index (κ3) is 4.70. The quantitative estimate of drug-likeness (QED) is 0.686. The number of nitrogens with zero attached hydrogens (tertiary/aromatic N) is 1. The molecule has 144 valence electrons. The second-order valence-corrected chi connectivity index (χ2v) is 7.45. The molecule has 0 atom stereocenters. The van der Waals surface area contributed by atoms with Crippen LogP contribution in [0.15, 0.2) is 77.4 Å². The van der Waals surface area contributed by atoms with Crippen molar-refractivity contribution in [2.45, 2.75) is 19.4 Å². The lowest BCUT2D eigenvalue weighted by molar-refractivity contribution is 0.0934. The lowest BCUT2D eigenvalue weighted by atomic mass is 9.96. The first kappa shape index (κ1) is 18.5. The second-order valence-electron chi connectivity index (χ2n) is 7.45. The molecule has 1 aliphatic rings. The standard InChI is InChI=1S/C24H26N2O2/c27-24(22-10-8-21(9-11-22)20-5-2-1-3-6-20)25-17-19-12-14-26(15-13-19)18-23-7-4-16-28-23/h1-11,16,19H,12-15,17-18H2,(H,25,27). The summed E-state index contributed by atoms with van der Waals surface area (Å²) in [5, 5.41) is 3.11. The van der Waals surface area contributed by atoms with Crippen LogP contribution in [0.25, 0.3) is 11.1 Å². The Morgan fingerprint density at radius 3 is 2.32 bits per heavy atom. The lowest BCUT2D eigenvalue weighted by Gasteiger charge is -2.31. The van der Waals surface area contributed by atoms with Gasteiger partial charge in [0, 0.05) is 12.1 Å². The number of furan rings is 1. The van der Waals surface area contributed by atoms with Gasteiger partial charge in [-0.1, -0.05) is 42.5 Å². The number of carbonyl (C=O) groups excluding carboxylic acids is 1. The van der Waals surface area contributed by atoms with Gasteiger partial charge in [-0.3, -0.25) is 9.69 Å². The number of amides is 1. The van der Waals surface area contributed by atoms with Crippen LogP contribution < -0.4 is 5.32 Å². The molecule has 4 nitrogen and oxygen atoms in total. The van der Waals surface area contributed by atoms with E-state index in [-0.39, 0.29) is 5.91 Å². The topological polar surface area (TPSA) is 45.5 Å². The summed E-state index contributed by atoms with van der Waals surface area (Å²) >= 11 is 0. The van der Waals surface area contributed by atoms with Crippen molar-refractivity contribution in [3.8, 4) is 11.1 Å². The molecule has 1 N–H and O–H groups in total. The van der Waals surface area contributed by atoms with Crippen molar-refractivity contribution < 1.29 is 9.21 Å². The molecule has 0 bridgehead atoms. The zero-order valence-corrected chi connectivity index (χ0v) is 16.0. The highest BCUT2D eigenvalue weighted by Gasteiger charge is 2.20. The van der Waals surface area contributed by atoms with Gasteiger partial charge in [-0.15, -0.1) is 0 Å². The summed E-state index contributed by atoms with van der Waals surface area (Å²) in [5.41, 5.74) is 3.01. The minimum atomic E-state index is 0.0117. The molecule has 4 heteroatoms. The van der Waals surface area contributed by atoms with Crippen LogP contribution in [0.1, 0.15) is 29.0 Å². The van der Waals surface area contributed by atoms with Crippen molar-refractivity contribution in [3.05, 3.63) is 84.3 Å². The first-order valence-corrected chi connectivity index (χ1v) is 9.96. The summed E-state index contributed by atoms with van der Waals surface area (Å²) in [6.45, 7) is 3.72. The largest absolute Gasteiger partial charge is 0.468 e. The molecule has 0 radical (unpaired) electrons. The molecule has 1 aliphatic heterocycles. The summed E-state index contributed by atoms with van der Waals surface area (Å²) in [7, 11) is 0. The van der Waals surface area contributed by atoms with Crippen molar-refractivity contribution >= 4 is 5.91 Å². The Bertz CT molecular complexity index is 865. The number of hydrogen-bond donors (Lipinski definition) is 1. The molecule has 1 saturated heterocycles. The van der Waals surface area contributed by atoms with E-state index in [1.165, 1.54) is 0 Å². The molecule has 2 heterocycles. The van der Waals surface area contributed by atoms with Gasteiger partial charge in [0.25, 0.3) is 5.91 Å². The maximum atomic E-state index is 12.5. The van der Waals surface area contributed by atoms with Gasteiger partial charge in [-0.25, -0.2) is 0 Å². The van der Waals surface area contributed by atoms with Crippen LogP contribution in [-0.4, -0.2) is 30.4 Å². The van der Waals surface area contributed by atoms with E-state index in [1.54, 1.807) is 6.26 Å². The maximum Gasteiger partial charge on any atom is 0.251 e. The van der Waals surface area contributed by atoms with E-state index in [2.05, 4.69) is 22.3 Å². The van der Waals surface area contributed by atoms with E-state index >= 15 is 0 Å². The minimum absolute atomic E-state index is 0.0117. The molecule has 0 aliphatic carbocycles. The van der Waals surface area contributed by atoms with Gasteiger partial charge in [-0.05, 0) is 67.2 Å². The fourth-order valence-corrected chi connectivity index (χ4v) is 3.76. The predicted molar refractivity (Wildman–Crippen MR) is 111 cm³/mol. The van der Waals surface area contributed by atoms with Gasteiger partial charge in [0.1, 0.15) is 5.76 Å². The van der Waals surface area contributed by atoms with Crippen molar-refractivity contribution in [3.63, 3.8) is 0 Å². The number of carbonyl (C=O) groups is 1. The minimum Gasteiger partial charge on any atom is -0.468 e. The normalized spacial score (nSPS) is 15.4. The van der Waals surface area contributed by atoms with E-state index in [0.29, 0.717) is 5.92 Å². The van der Waals surface area contributed by atoms with E-state index in [4.69, 9.17) is 4.42 Å². The highest BCUT2D eigenvalue weighted by Crippen LogP contribution is 2.20. The third-order valence-corrected chi connectivity index (χ3v) is 5.47. The maximum absolute atomic E-state index is 12.5. The summed E-state index contributed by atoms with van der Waals surface area (Å²) in [6, 6.07) is 22.0. The Labute approximate surface area is 166 Å². The van der Waals surface area contributed by atoms with E-state index in [9.17, 15) is 4.79 Å². The molecule has 1 aromatic heterocycles. The van der Waals surface area contributed by atoms with Crippen molar-refractivity contribution in [1.29, 1.82) is 0 Å². The van der Waals surface area contributed by atoms with Crippen LogP contribution in [0.5, 0.6) is 0 Å². The molecular formula is C24H26N2O2. The Morgan fingerprint density at radius 1 is 0.929 bits per heavy atom. The van der Waals surface area contributed by atoms with Gasteiger partial charge in [0.2, 0.25) is 0 Å². The molecule has 3 aromatic rings. The lowest BCUT2D eigenvalue weighted by Crippen LogP contribution is -2.38. The molecule has 4 rings (SSSR count). The monoisotopic (exact) mass is 374 g/mol. The summed E-state index contributed by atoms with van der Waals surface area (Å²) in [4.78, 5) is 14.9. The summed E-state index contributed by atoms with van der Waals surface area (Å²) in [5.74, 6) is 1.57. The molecule has 28 heavy (non-hydrogen) atoms. The molecule has 0 unspecified atom stereocenters. The van der Waals surface area contributed by atoms with Crippen molar-refractivity contribution in [2.24, 2.45) is 5.92 Å². The number of hydrogen-bond acceptors (Lipinski definition) is 3. The Balaban J connectivity index is 1.23. The van der Waals surface area contributed by atoms with Crippen LogP contribution in [-0.2, 0) is 6.54 Å². The molecule has 2 aromatic carbocycles. The molecule has 1 fully saturated rings. The smallest absolute Gasteiger partial charge is 0.251 e. The van der Waals surface area contributed by atoms with E-state index in [1.807, 2.05) is 54.6 Å². The highest BCUT2D eigenvalue weighted by molar-refractivity contribution is 5.94. The number of benzene rings is 2. The first-order chi connectivity index (χ1) is 13.8. The molecule has 1 amide bonds. The van der Waals surface area contributed by atoms with Crippen LogP contribution in [0.3, 0.4) is 0 Å². The highest BCUT2D eigenvalue weighted by atomic mass is 16.3. The van der Waals surface area contributed by atoms with Crippen LogP contribution in [0.4, 0.5) is 0 Å². The van der Waals surface area contributed by atoms with Crippen LogP contribution in [0.2, 0.25) is 0 Å². The molecule has 0 spiro atoms. The van der Waals surface area contributed by atoms with E-state index in [0.717, 1.165) is 61.5 Å². The first-order valence-electron chi connectivity index (χ1n) is 9.96. The Morgan fingerprint density at radius 2 is 1.64 bits per heavy atom. The summed E-state index contributed by atoms with van der Waals surface area (Å²) in [6.07, 6.45) is 3.94. The zero-order chi connectivity index (χ0) is 19.2. The van der Waals surface area contributed by atoms with Gasteiger partial charge >= 0.3 is 0 Å². The third-order valence-electron chi connectivity index (χ3n) is 5.47. The Kier molecular flexibility index (Phi) is 5.88. The van der Waals surface area contributed by atoms with Gasteiger partial charge < -0.3 is 9.73 Å². The van der Waals surface area contributed by atoms with Gasteiger partial charge in [0.05, 0.1) is 12.8 Å². The van der Waals surface area contributed by atoms with Gasteiger partial charge in [-0.2, -0.15) is 0 Å². The SMILES string of the molecule is O=C(NCC1CCN(Cc2ccco2)CC1)c1ccc(-c2ccccc2)cc1. The average molecular weight is 374 g/mol. The van der Waals surface area contributed by atoms with Crippen molar-refractivity contribution in [1.82, 2.24) is 10.2 Å². The Hall–Kier alpha value is -2.85. The van der Waals surface area contributed by atoms with Crippen molar-refractivity contribution in [2.75, 3.05) is 19.6 Å². The molecule has 0 saturated carbocycles. The van der Waals surface area contributed by atoms with Crippen LogP contribution >= 0.6 is 0 Å². The number of rotatable bonds is 6. The second kappa shape index (κ2) is 8.89.